The Balaban J connectivity index is 1.48. The molecule has 2 aromatic rings. The molecule has 4 rings (SSSR count). The summed E-state index contributed by atoms with van der Waals surface area (Å²) in [6.07, 6.45) is 18.2. The number of rotatable bonds is 2. The molecule has 0 amide bonds. The largest absolute Gasteiger partial charge is 0.192 e. The van der Waals surface area contributed by atoms with Crippen molar-refractivity contribution in [1.29, 1.82) is 10.5 Å². The van der Waals surface area contributed by atoms with Gasteiger partial charge in [-0.1, -0.05) is 0 Å². The third-order valence-corrected chi connectivity index (χ3v) is 4.41. The predicted molar refractivity (Wildman–Crippen MR) is 108 cm³/mol. The smallest absolute Gasteiger partial charge is 0.133 e. The highest BCUT2D eigenvalue weighted by Crippen LogP contribution is 2.25. The molecule has 0 unspecified atom stereocenters. The lowest BCUT2D eigenvalue weighted by atomic mass is 10.0. The van der Waals surface area contributed by atoms with Crippen LogP contribution in [0.3, 0.4) is 0 Å². The fraction of sp³-hybridized carbons (Fsp3) is 0. The molecule has 0 atom stereocenters. The van der Waals surface area contributed by atoms with Gasteiger partial charge >= 0.3 is 0 Å². The van der Waals surface area contributed by atoms with Crippen molar-refractivity contribution >= 4 is 11.4 Å². The Morgan fingerprint density at radius 3 is 1.29 bits per heavy atom. The van der Waals surface area contributed by atoms with Crippen LogP contribution >= 0.6 is 0 Å². The highest BCUT2D eigenvalue weighted by atomic mass is 15.1. The molecule has 128 valence electrons. The van der Waals surface area contributed by atoms with Crippen LogP contribution < -0.4 is 9.80 Å². The Morgan fingerprint density at radius 2 is 1.00 bits per heavy atom. The molecule has 0 N–H and O–H groups in total. The van der Waals surface area contributed by atoms with E-state index in [4.69, 9.17) is 10.5 Å². The minimum Gasteiger partial charge on any atom is -0.192 e. The standard InChI is InChI=1S/C24H14N4/c25-17-19-1-5-23(6-2-19)27-13-9-21(10-14-27)22-11-15-28(16-12-22)24-7-3-20(18-26)4-8-24/h1-13,15H/q+2. The van der Waals surface area contributed by atoms with Crippen molar-refractivity contribution < 1.29 is 0 Å². The minimum atomic E-state index is 0.636. The highest BCUT2D eigenvalue weighted by Gasteiger charge is 2.20. The van der Waals surface area contributed by atoms with Crippen LogP contribution in [-0.4, -0.2) is 0 Å². The molecule has 2 aliphatic heterocycles. The van der Waals surface area contributed by atoms with Gasteiger partial charge in [-0.25, -0.2) is 0 Å². The zero-order valence-corrected chi connectivity index (χ0v) is 14.9. The van der Waals surface area contributed by atoms with Crippen molar-refractivity contribution in [2.45, 2.75) is 0 Å². The third kappa shape index (κ3) is 3.42. The lowest BCUT2D eigenvalue weighted by Crippen LogP contribution is -2.12. The molecule has 0 saturated heterocycles. The van der Waals surface area contributed by atoms with Gasteiger partial charge in [0.25, 0.3) is 0 Å². The quantitative estimate of drug-likeness (QED) is 0.729. The second kappa shape index (κ2) is 7.42. The van der Waals surface area contributed by atoms with Gasteiger partial charge in [-0.15, -0.1) is 0 Å². The van der Waals surface area contributed by atoms with Gasteiger partial charge in [0.15, 0.2) is 0 Å². The molecule has 0 bridgehead atoms. The van der Waals surface area contributed by atoms with Crippen LogP contribution in [0.4, 0.5) is 11.4 Å². The van der Waals surface area contributed by atoms with Crippen molar-refractivity contribution in [3.63, 3.8) is 0 Å². The van der Waals surface area contributed by atoms with Crippen LogP contribution in [-0.2, 0) is 0 Å². The van der Waals surface area contributed by atoms with Gasteiger partial charge in [0, 0.05) is 24.3 Å². The zero-order chi connectivity index (χ0) is 19.3. The average Bonchev–Trinajstić information content (AvgIpc) is 2.79. The number of nitriles is 2. The summed E-state index contributed by atoms with van der Waals surface area (Å²) in [5.74, 6) is 0. The molecule has 0 aromatic heterocycles. The van der Waals surface area contributed by atoms with Crippen molar-refractivity contribution in [2.75, 3.05) is 9.80 Å². The van der Waals surface area contributed by atoms with E-state index >= 15 is 0 Å². The molecule has 2 aromatic carbocycles. The molecular weight excluding hydrogens is 344 g/mol. The van der Waals surface area contributed by atoms with Crippen molar-refractivity contribution in [2.24, 2.45) is 0 Å². The van der Waals surface area contributed by atoms with E-state index in [1.54, 1.807) is 24.3 Å². The van der Waals surface area contributed by atoms with Gasteiger partial charge < -0.3 is 0 Å². The maximum Gasteiger partial charge on any atom is 0.133 e. The number of hydrogen-bond acceptors (Lipinski definition) is 4. The van der Waals surface area contributed by atoms with E-state index in [1.165, 1.54) is 0 Å². The molecular formula is C24H14N4+2. The first-order valence-electron chi connectivity index (χ1n) is 8.65. The molecule has 0 aliphatic carbocycles. The van der Waals surface area contributed by atoms with Crippen LogP contribution in [0, 0.1) is 35.1 Å². The zero-order valence-electron chi connectivity index (χ0n) is 14.9. The molecule has 0 radical (unpaired) electrons. The van der Waals surface area contributed by atoms with Crippen LogP contribution in [0.2, 0.25) is 0 Å². The Hall–Kier alpha value is -4.46. The minimum absolute atomic E-state index is 0.636. The summed E-state index contributed by atoms with van der Waals surface area (Å²) in [4.78, 5) is 3.77. The van der Waals surface area contributed by atoms with Gasteiger partial charge in [-0.3, -0.25) is 0 Å². The maximum atomic E-state index is 8.90. The summed E-state index contributed by atoms with van der Waals surface area (Å²) < 4.78 is 0. The molecule has 4 heteroatoms. The highest BCUT2D eigenvalue weighted by molar-refractivity contribution is 5.61. The van der Waals surface area contributed by atoms with E-state index in [0.29, 0.717) is 11.1 Å². The molecule has 2 heterocycles. The Bertz CT molecular complexity index is 992. The summed E-state index contributed by atoms with van der Waals surface area (Å²) in [5.41, 5.74) is 5.24. The maximum absolute atomic E-state index is 8.90. The average molecular weight is 358 g/mol. The number of hydrogen-bond donors (Lipinski definition) is 0. The summed E-state index contributed by atoms with van der Waals surface area (Å²) in [6, 6.07) is 19.0. The lowest BCUT2D eigenvalue weighted by molar-refractivity contribution is 1.19. The van der Waals surface area contributed by atoms with Gasteiger partial charge in [-0.2, -0.15) is 20.3 Å². The van der Waals surface area contributed by atoms with E-state index in [0.717, 1.165) is 22.5 Å². The lowest BCUT2D eigenvalue weighted by Gasteiger charge is -2.10. The first kappa shape index (κ1) is 17.0. The van der Waals surface area contributed by atoms with E-state index in [9.17, 15) is 0 Å². The van der Waals surface area contributed by atoms with Crippen LogP contribution in [0.1, 0.15) is 11.1 Å². The van der Waals surface area contributed by atoms with Gasteiger partial charge in [0.2, 0.25) is 0 Å². The van der Waals surface area contributed by atoms with Crippen molar-refractivity contribution in [3.05, 3.63) is 120 Å². The van der Waals surface area contributed by atoms with Crippen LogP contribution in [0.5, 0.6) is 0 Å². The first-order chi connectivity index (χ1) is 13.8. The monoisotopic (exact) mass is 358 g/mol. The number of anilines is 2. The number of allylic oxidation sites excluding steroid dienone is 6. The molecule has 4 nitrogen and oxygen atoms in total. The number of nitrogens with zero attached hydrogens (tertiary/aromatic N) is 4. The normalized spacial score (nSPS) is 16.9. The topological polar surface area (TPSA) is 54.1 Å². The van der Waals surface area contributed by atoms with Gasteiger partial charge in [0.05, 0.1) is 35.4 Å². The van der Waals surface area contributed by atoms with E-state index in [-0.39, 0.29) is 0 Å². The van der Waals surface area contributed by atoms with Crippen molar-refractivity contribution in [3.8, 4) is 12.1 Å². The fourth-order valence-electron chi connectivity index (χ4n) is 2.84. The summed E-state index contributed by atoms with van der Waals surface area (Å²) in [5, 5.41) is 17.8. The molecule has 0 fully saturated rings. The van der Waals surface area contributed by atoms with Gasteiger partial charge in [0.1, 0.15) is 59.5 Å². The van der Waals surface area contributed by atoms with Crippen LogP contribution in [0.25, 0.3) is 0 Å². The summed E-state index contributed by atoms with van der Waals surface area (Å²) in [7, 11) is 0. The van der Waals surface area contributed by atoms with E-state index in [2.05, 4.69) is 24.5 Å². The Kier molecular flexibility index (Phi) is 4.50. The fourth-order valence-corrected chi connectivity index (χ4v) is 2.84. The molecule has 0 saturated carbocycles. The molecule has 28 heavy (non-hydrogen) atoms. The van der Waals surface area contributed by atoms with Crippen molar-refractivity contribution in [1.82, 2.24) is 0 Å². The second-order valence-corrected chi connectivity index (χ2v) is 6.15. The SMILES string of the molecule is N#Cc1ccc(N2[C+]=CC(=C3C=[C+]N(c4ccc(C#N)cc4)C=C3)C=C2)cc1. The Labute approximate surface area is 164 Å². The molecule has 2 aliphatic rings. The summed E-state index contributed by atoms with van der Waals surface area (Å²) in [6.45, 7) is 0. The van der Waals surface area contributed by atoms with Crippen LogP contribution in [0.15, 0.2) is 96.4 Å². The molecule has 0 spiro atoms. The summed E-state index contributed by atoms with van der Waals surface area (Å²) >= 11 is 0. The predicted octanol–water partition coefficient (Wildman–Crippen LogP) is 4.73. The second-order valence-electron chi connectivity index (χ2n) is 6.15. The Morgan fingerprint density at radius 1 is 0.607 bits per heavy atom. The first-order valence-corrected chi connectivity index (χ1v) is 8.65. The number of benzene rings is 2. The van der Waals surface area contributed by atoms with E-state index in [1.807, 2.05) is 70.8 Å². The van der Waals surface area contributed by atoms with E-state index < -0.39 is 0 Å². The van der Waals surface area contributed by atoms with Gasteiger partial charge in [-0.05, 0) is 24.3 Å². The third-order valence-electron chi connectivity index (χ3n) is 4.41.